The second kappa shape index (κ2) is 5.57. The Bertz CT molecular complexity index is 425. The van der Waals surface area contributed by atoms with Crippen molar-refractivity contribution in [3.05, 3.63) is 23.2 Å². The third-order valence-electron chi connectivity index (χ3n) is 3.65. The van der Waals surface area contributed by atoms with E-state index in [1.54, 1.807) is 0 Å². The number of carbonyl (C=O) groups is 1. The molecule has 18 heavy (non-hydrogen) atoms. The number of ether oxygens (including phenoxy) is 1. The molecule has 2 N–H and O–H groups in total. The van der Waals surface area contributed by atoms with Crippen LogP contribution in [0.4, 0.5) is 0 Å². The monoisotopic (exact) mass is 253 g/mol. The summed E-state index contributed by atoms with van der Waals surface area (Å²) in [5.41, 5.74) is 6.76. The van der Waals surface area contributed by atoms with Gasteiger partial charge < -0.3 is 14.9 Å². The molecular weight excluding hydrogens is 230 g/mol. The molecular formula is C14H23NO3. The number of aryl methyl sites for hydroxylation is 2. The van der Waals surface area contributed by atoms with E-state index < -0.39 is 5.41 Å². The van der Waals surface area contributed by atoms with Crippen LogP contribution in [0, 0.1) is 13.8 Å². The lowest BCUT2D eigenvalue weighted by Gasteiger charge is -2.34. The lowest BCUT2D eigenvalue weighted by Crippen LogP contribution is -2.44. The second-order valence-corrected chi connectivity index (χ2v) is 5.01. The van der Waals surface area contributed by atoms with Gasteiger partial charge in [-0.1, -0.05) is 13.8 Å². The van der Waals surface area contributed by atoms with Gasteiger partial charge in [-0.15, -0.1) is 0 Å². The van der Waals surface area contributed by atoms with Crippen LogP contribution in [-0.4, -0.2) is 19.1 Å². The molecule has 4 nitrogen and oxygen atoms in total. The molecule has 0 aliphatic heterocycles. The summed E-state index contributed by atoms with van der Waals surface area (Å²) in [6, 6.07) is 1.85. The Morgan fingerprint density at radius 2 is 2.17 bits per heavy atom. The van der Waals surface area contributed by atoms with Crippen LogP contribution in [0.2, 0.25) is 0 Å². The van der Waals surface area contributed by atoms with E-state index in [0.717, 1.165) is 23.5 Å². The summed E-state index contributed by atoms with van der Waals surface area (Å²) in [7, 11) is 1.40. The van der Waals surface area contributed by atoms with Crippen molar-refractivity contribution < 1.29 is 13.9 Å². The molecule has 1 rings (SSSR count). The number of rotatable bonds is 5. The highest BCUT2D eigenvalue weighted by Gasteiger charge is 2.38. The van der Waals surface area contributed by atoms with Crippen molar-refractivity contribution in [2.24, 2.45) is 5.73 Å². The van der Waals surface area contributed by atoms with Crippen LogP contribution in [0.5, 0.6) is 0 Å². The number of esters is 1. The summed E-state index contributed by atoms with van der Waals surface area (Å²) in [5.74, 6) is 1.41. The standard InChI is InChI=1S/C14H23NO3/c1-6-12(15)14(4,8-13(16)17-5)11-7-9(2)18-10(11)3/h7,12H,6,8,15H2,1-5H3. The number of carbonyl (C=O) groups excluding carboxylic acids is 1. The van der Waals surface area contributed by atoms with Crippen LogP contribution in [-0.2, 0) is 14.9 Å². The number of methoxy groups -OCH3 is 1. The van der Waals surface area contributed by atoms with E-state index in [9.17, 15) is 4.79 Å². The van der Waals surface area contributed by atoms with Gasteiger partial charge in [0, 0.05) is 17.0 Å². The van der Waals surface area contributed by atoms with Crippen LogP contribution in [0.15, 0.2) is 10.5 Å². The average molecular weight is 253 g/mol. The summed E-state index contributed by atoms with van der Waals surface area (Å²) in [4.78, 5) is 11.6. The van der Waals surface area contributed by atoms with Gasteiger partial charge in [0.1, 0.15) is 11.5 Å². The molecule has 0 bridgehead atoms. The van der Waals surface area contributed by atoms with Gasteiger partial charge in [0.15, 0.2) is 0 Å². The molecule has 4 heteroatoms. The fraction of sp³-hybridized carbons (Fsp3) is 0.643. The van der Waals surface area contributed by atoms with E-state index in [0.29, 0.717) is 0 Å². The molecule has 0 aromatic carbocycles. The molecule has 0 saturated carbocycles. The minimum Gasteiger partial charge on any atom is -0.469 e. The normalized spacial score (nSPS) is 16.1. The lowest BCUT2D eigenvalue weighted by atomic mass is 9.72. The highest BCUT2D eigenvalue weighted by atomic mass is 16.5. The summed E-state index contributed by atoms with van der Waals surface area (Å²) < 4.78 is 10.3. The van der Waals surface area contributed by atoms with Crippen molar-refractivity contribution in [1.29, 1.82) is 0 Å². The number of hydrogen-bond donors (Lipinski definition) is 1. The van der Waals surface area contributed by atoms with E-state index in [4.69, 9.17) is 14.9 Å². The van der Waals surface area contributed by atoms with Gasteiger partial charge in [0.2, 0.25) is 0 Å². The second-order valence-electron chi connectivity index (χ2n) is 5.01. The van der Waals surface area contributed by atoms with Crippen molar-refractivity contribution >= 4 is 5.97 Å². The van der Waals surface area contributed by atoms with E-state index in [2.05, 4.69) is 0 Å². The third kappa shape index (κ3) is 2.75. The van der Waals surface area contributed by atoms with Crippen LogP contribution in [0.1, 0.15) is 43.8 Å². The van der Waals surface area contributed by atoms with Gasteiger partial charge in [0.25, 0.3) is 0 Å². The number of furan rings is 1. The summed E-state index contributed by atoms with van der Waals surface area (Å²) in [6.45, 7) is 7.81. The minimum atomic E-state index is -0.455. The molecule has 1 heterocycles. The Kier molecular flexibility index (Phi) is 4.57. The van der Waals surface area contributed by atoms with E-state index in [1.165, 1.54) is 7.11 Å². The molecule has 0 fully saturated rings. The molecule has 2 atom stereocenters. The largest absolute Gasteiger partial charge is 0.469 e. The first-order chi connectivity index (χ1) is 8.35. The maximum absolute atomic E-state index is 11.6. The first-order valence-electron chi connectivity index (χ1n) is 6.25. The zero-order chi connectivity index (χ0) is 13.9. The smallest absolute Gasteiger partial charge is 0.306 e. The van der Waals surface area contributed by atoms with Crippen LogP contribution in [0.3, 0.4) is 0 Å². The Morgan fingerprint density at radius 3 is 2.56 bits per heavy atom. The summed E-state index contributed by atoms with van der Waals surface area (Å²) in [5, 5.41) is 0. The maximum Gasteiger partial charge on any atom is 0.306 e. The molecule has 0 saturated heterocycles. The molecule has 0 aliphatic carbocycles. The van der Waals surface area contributed by atoms with Crippen LogP contribution in [0.25, 0.3) is 0 Å². The van der Waals surface area contributed by atoms with Gasteiger partial charge in [0.05, 0.1) is 13.5 Å². The fourth-order valence-electron chi connectivity index (χ4n) is 2.45. The van der Waals surface area contributed by atoms with Gasteiger partial charge in [-0.2, -0.15) is 0 Å². The summed E-state index contributed by atoms with van der Waals surface area (Å²) in [6.07, 6.45) is 1.05. The molecule has 0 amide bonds. The zero-order valence-electron chi connectivity index (χ0n) is 11.9. The van der Waals surface area contributed by atoms with E-state index in [1.807, 2.05) is 33.8 Å². The Hall–Kier alpha value is -1.29. The quantitative estimate of drug-likeness (QED) is 0.819. The lowest BCUT2D eigenvalue weighted by molar-refractivity contribution is -0.142. The average Bonchev–Trinajstić information content (AvgIpc) is 2.67. The van der Waals surface area contributed by atoms with Gasteiger partial charge in [-0.05, 0) is 26.3 Å². The predicted octanol–water partition coefficient (Wildman–Crippen LogP) is 2.45. The Balaban J connectivity index is 3.19. The van der Waals surface area contributed by atoms with E-state index >= 15 is 0 Å². The molecule has 0 aliphatic rings. The zero-order valence-corrected chi connectivity index (χ0v) is 11.9. The SMILES string of the molecule is CCC(N)C(C)(CC(=O)OC)c1cc(C)oc1C. The molecule has 1 aromatic heterocycles. The molecule has 2 unspecified atom stereocenters. The van der Waals surface area contributed by atoms with Crippen LogP contribution < -0.4 is 5.73 Å². The fourth-order valence-corrected chi connectivity index (χ4v) is 2.45. The van der Waals surface area contributed by atoms with Gasteiger partial charge in [-0.3, -0.25) is 4.79 Å². The van der Waals surface area contributed by atoms with Crippen molar-refractivity contribution in [1.82, 2.24) is 0 Å². The molecule has 0 radical (unpaired) electrons. The Morgan fingerprint density at radius 1 is 1.56 bits per heavy atom. The molecule has 102 valence electrons. The van der Waals surface area contributed by atoms with Crippen LogP contribution >= 0.6 is 0 Å². The first-order valence-corrected chi connectivity index (χ1v) is 6.25. The van der Waals surface area contributed by atoms with Gasteiger partial charge in [-0.25, -0.2) is 0 Å². The minimum absolute atomic E-state index is 0.118. The third-order valence-corrected chi connectivity index (χ3v) is 3.65. The van der Waals surface area contributed by atoms with Crippen molar-refractivity contribution in [3.8, 4) is 0 Å². The highest BCUT2D eigenvalue weighted by molar-refractivity contribution is 5.71. The topological polar surface area (TPSA) is 65.5 Å². The predicted molar refractivity (Wildman–Crippen MR) is 70.4 cm³/mol. The molecule has 0 spiro atoms. The van der Waals surface area contributed by atoms with Crippen molar-refractivity contribution in [2.45, 2.75) is 52.0 Å². The maximum atomic E-state index is 11.6. The first kappa shape index (κ1) is 14.8. The highest BCUT2D eigenvalue weighted by Crippen LogP contribution is 2.36. The molecule has 1 aromatic rings. The van der Waals surface area contributed by atoms with Crippen molar-refractivity contribution in [3.63, 3.8) is 0 Å². The number of hydrogen-bond acceptors (Lipinski definition) is 4. The van der Waals surface area contributed by atoms with Gasteiger partial charge >= 0.3 is 5.97 Å². The Labute approximate surface area is 108 Å². The summed E-state index contributed by atoms with van der Waals surface area (Å²) >= 11 is 0. The van der Waals surface area contributed by atoms with Crippen molar-refractivity contribution in [2.75, 3.05) is 7.11 Å². The number of nitrogens with two attached hydrogens (primary N) is 1. The van der Waals surface area contributed by atoms with E-state index in [-0.39, 0.29) is 18.4 Å².